The molecule has 7 nitrogen and oxygen atoms in total. The number of carboxylic acid groups (broad SMARTS) is 1. The first-order valence-corrected chi connectivity index (χ1v) is 3.91. The van der Waals surface area contributed by atoms with Crippen LogP contribution in [-0.4, -0.2) is 64.1 Å². The summed E-state index contributed by atoms with van der Waals surface area (Å²) in [6.07, 6.45) is -3.23. The van der Waals surface area contributed by atoms with Crippen molar-refractivity contribution < 1.29 is 30.0 Å². The maximum absolute atomic E-state index is 10.9. The fourth-order valence-corrected chi connectivity index (χ4v) is 0.712. The minimum Gasteiger partial charge on any atom is -0.480 e. The van der Waals surface area contributed by atoms with E-state index in [0.29, 0.717) is 0 Å². The van der Waals surface area contributed by atoms with E-state index in [1.807, 2.05) is 0 Å². The quantitative estimate of drug-likeness (QED) is 0.300. The van der Waals surface area contributed by atoms with Gasteiger partial charge < -0.3 is 20.4 Å². The molecule has 0 saturated heterocycles. The predicted octanol–water partition coefficient (Wildman–Crippen LogP) is -3.06. The third kappa shape index (κ3) is 4.87. The Morgan fingerprint density at radius 3 is 2.21 bits per heavy atom. The Morgan fingerprint density at radius 2 is 1.79 bits per heavy atom. The van der Waals surface area contributed by atoms with Gasteiger partial charge in [-0.1, -0.05) is 0 Å². The van der Waals surface area contributed by atoms with E-state index in [1.54, 1.807) is 0 Å². The highest BCUT2D eigenvalue weighted by atomic mass is 16.4. The Labute approximate surface area is 80.0 Å². The third-order valence-electron chi connectivity index (χ3n) is 1.46. The molecule has 0 rings (SSSR count). The second-order valence-corrected chi connectivity index (χ2v) is 2.66. The van der Waals surface area contributed by atoms with Gasteiger partial charge in [0, 0.05) is 0 Å². The van der Waals surface area contributed by atoms with Crippen LogP contribution >= 0.6 is 0 Å². The van der Waals surface area contributed by atoms with Crippen molar-refractivity contribution >= 4 is 11.8 Å². The molecule has 0 aliphatic rings. The van der Waals surface area contributed by atoms with Crippen LogP contribution in [0.25, 0.3) is 0 Å². The van der Waals surface area contributed by atoms with E-state index in [-0.39, 0.29) is 6.54 Å². The summed E-state index contributed by atoms with van der Waals surface area (Å²) in [5, 5.41) is 36.7. The molecule has 0 aliphatic carbocycles. The average Bonchev–Trinajstić information content (AvgIpc) is 2.14. The zero-order valence-corrected chi connectivity index (χ0v) is 7.38. The molecule has 0 radical (unpaired) electrons. The second-order valence-electron chi connectivity index (χ2n) is 2.66. The van der Waals surface area contributed by atoms with Gasteiger partial charge in [-0.15, -0.1) is 0 Å². The summed E-state index contributed by atoms with van der Waals surface area (Å²) < 4.78 is 0. The lowest BCUT2D eigenvalue weighted by Gasteiger charge is -2.13. The number of aliphatic carboxylic acids is 1. The SMILES string of the molecule is O=C(O)CNCC(=O)[C@@H](O)[C@H](O)CO. The van der Waals surface area contributed by atoms with Gasteiger partial charge in [0.2, 0.25) is 0 Å². The number of carboxylic acids is 1. The van der Waals surface area contributed by atoms with Crippen LogP contribution in [-0.2, 0) is 9.59 Å². The number of nitrogens with one attached hydrogen (secondary N) is 1. The van der Waals surface area contributed by atoms with Gasteiger partial charge in [-0.3, -0.25) is 14.9 Å². The van der Waals surface area contributed by atoms with Crippen molar-refractivity contribution in [3.63, 3.8) is 0 Å². The molecule has 0 aromatic rings. The van der Waals surface area contributed by atoms with E-state index in [4.69, 9.17) is 20.4 Å². The first-order valence-electron chi connectivity index (χ1n) is 3.91. The van der Waals surface area contributed by atoms with Gasteiger partial charge in [-0.25, -0.2) is 0 Å². The fourth-order valence-electron chi connectivity index (χ4n) is 0.712. The van der Waals surface area contributed by atoms with Crippen LogP contribution in [0.15, 0.2) is 0 Å². The minimum atomic E-state index is -1.69. The number of hydrogen-bond donors (Lipinski definition) is 5. The van der Waals surface area contributed by atoms with Crippen LogP contribution in [0.4, 0.5) is 0 Å². The van der Waals surface area contributed by atoms with Crippen LogP contribution in [0, 0.1) is 0 Å². The summed E-state index contributed by atoms with van der Waals surface area (Å²) in [4.78, 5) is 21.0. The molecule has 5 N–H and O–H groups in total. The summed E-state index contributed by atoms with van der Waals surface area (Å²) in [7, 11) is 0. The summed E-state index contributed by atoms with van der Waals surface area (Å²) in [5.74, 6) is -1.90. The average molecular weight is 207 g/mol. The van der Waals surface area contributed by atoms with E-state index in [1.165, 1.54) is 0 Å². The number of hydrogen-bond acceptors (Lipinski definition) is 6. The molecule has 0 fully saturated rings. The van der Waals surface area contributed by atoms with Crippen LogP contribution in [0.1, 0.15) is 0 Å². The standard InChI is InChI=1S/C7H13NO6/c9-3-5(11)7(14)4(10)1-8-2-6(12)13/h5,7-9,11,14H,1-3H2,(H,12,13)/t5-,7-/m1/s1. The van der Waals surface area contributed by atoms with Gasteiger partial charge in [0.05, 0.1) is 19.7 Å². The monoisotopic (exact) mass is 207 g/mol. The minimum absolute atomic E-state index is 0.371. The lowest BCUT2D eigenvalue weighted by molar-refractivity contribution is -0.136. The molecule has 0 bridgehead atoms. The number of carbonyl (C=O) groups excluding carboxylic acids is 1. The van der Waals surface area contributed by atoms with E-state index in [0.717, 1.165) is 0 Å². The Kier molecular flexibility index (Phi) is 5.97. The molecular formula is C7H13NO6. The van der Waals surface area contributed by atoms with E-state index >= 15 is 0 Å². The van der Waals surface area contributed by atoms with Crippen molar-refractivity contribution in [2.45, 2.75) is 12.2 Å². The molecule has 0 unspecified atom stereocenters. The zero-order chi connectivity index (χ0) is 11.1. The Hall–Kier alpha value is -1.02. The number of ketones is 1. The largest absolute Gasteiger partial charge is 0.480 e. The maximum atomic E-state index is 10.9. The molecule has 14 heavy (non-hydrogen) atoms. The van der Waals surface area contributed by atoms with Gasteiger partial charge >= 0.3 is 5.97 Å². The lowest BCUT2D eigenvalue weighted by Crippen LogP contribution is -2.42. The summed E-state index contributed by atoms with van der Waals surface area (Å²) in [6, 6.07) is 0. The topological polar surface area (TPSA) is 127 Å². The highest BCUT2D eigenvalue weighted by Gasteiger charge is 2.22. The molecule has 0 aromatic heterocycles. The van der Waals surface area contributed by atoms with E-state index < -0.39 is 37.1 Å². The van der Waals surface area contributed by atoms with Crippen molar-refractivity contribution in [3.05, 3.63) is 0 Å². The number of carbonyl (C=O) groups is 2. The summed E-state index contributed by atoms with van der Waals surface area (Å²) in [6.45, 7) is -1.51. The van der Waals surface area contributed by atoms with Crippen molar-refractivity contribution in [2.24, 2.45) is 0 Å². The molecule has 0 amide bonds. The zero-order valence-electron chi connectivity index (χ0n) is 7.38. The van der Waals surface area contributed by atoms with Gasteiger partial charge in [0.15, 0.2) is 5.78 Å². The normalized spacial score (nSPS) is 14.8. The maximum Gasteiger partial charge on any atom is 0.317 e. The van der Waals surface area contributed by atoms with Crippen LogP contribution in [0.5, 0.6) is 0 Å². The summed E-state index contributed by atoms with van der Waals surface area (Å²) in [5.41, 5.74) is 0. The van der Waals surface area contributed by atoms with Gasteiger partial charge in [-0.2, -0.15) is 0 Å². The Morgan fingerprint density at radius 1 is 1.21 bits per heavy atom. The molecule has 7 heteroatoms. The Bertz CT molecular complexity index is 206. The van der Waals surface area contributed by atoms with E-state index in [9.17, 15) is 9.59 Å². The lowest BCUT2D eigenvalue weighted by atomic mass is 10.1. The highest BCUT2D eigenvalue weighted by Crippen LogP contribution is 1.93. The van der Waals surface area contributed by atoms with Gasteiger partial charge in [0.1, 0.15) is 12.2 Å². The molecule has 0 heterocycles. The molecule has 82 valence electrons. The van der Waals surface area contributed by atoms with Crippen molar-refractivity contribution in [3.8, 4) is 0 Å². The molecule has 0 aromatic carbocycles. The van der Waals surface area contributed by atoms with Gasteiger partial charge in [-0.05, 0) is 0 Å². The molecular weight excluding hydrogens is 194 g/mol. The first kappa shape index (κ1) is 13.0. The highest BCUT2D eigenvalue weighted by molar-refractivity contribution is 5.85. The van der Waals surface area contributed by atoms with E-state index in [2.05, 4.69) is 5.32 Å². The predicted molar refractivity (Wildman–Crippen MR) is 44.6 cm³/mol. The number of aliphatic hydroxyl groups is 3. The smallest absolute Gasteiger partial charge is 0.317 e. The number of Topliss-reactive ketones (excluding diaryl/α,β-unsaturated/α-hetero) is 1. The van der Waals surface area contributed by atoms with Gasteiger partial charge in [0.25, 0.3) is 0 Å². The van der Waals surface area contributed by atoms with Crippen molar-refractivity contribution in [2.75, 3.05) is 19.7 Å². The summed E-state index contributed by atoms with van der Waals surface area (Å²) >= 11 is 0. The van der Waals surface area contributed by atoms with Crippen molar-refractivity contribution in [1.82, 2.24) is 5.32 Å². The molecule has 0 spiro atoms. The van der Waals surface area contributed by atoms with Crippen LogP contribution < -0.4 is 5.32 Å². The van der Waals surface area contributed by atoms with Crippen molar-refractivity contribution in [1.29, 1.82) is 0 Å². The van der Waals surface area contributed by atoms with Crippen LogP contribution in [0.3, 0.4) is 0 Å². The van der Waals surface area contributed by atoms with Crippen LogP contribution in [0.2, 0.25) is 0 Å². The number of rotatable bonds is 7. The fraction of sp³-hybridized carbons (Fsp3) is 0.714. The molecule has 0 saturated carbocycles. The number of aliphatic hydroxyl groups excluding tert-OH is 3. The first-order chi connectivity index (χ1) is 6.49. The molecule has 2 atom stereocenters. The Balaban J connectivity index is 3.78. The second kappa shape index (κ2) is 6.44. The molecule has 0 aliphatic heterocycles. The third-order valence-corrected chi connectivity index (χ3v) is 1.46.